The van der Waals surface area contributed by atoms with E-state index in [1.165, 1.54) is 0 Å². The summed E-state index contributed by atoms with van der Waals surface area (Å²) in [5.41, 5.74) is 6.22. The minimum Gasteiger partial charge on any atom is -0.349 e. The van der Waals surface area contributed by atoms with Crippen molar-refractivity contribution in [3.63, 3.8) is 0 Å². The quantitative estimate of drug-likeness (QED) is 0.815. The first-order valence-corrected chi connectivity index (χ1v) is 5.94. The molecule has 0 spiro atoms. The molecule has 0 aliphatic rings. The normalized spacial score (nSPS) is 16.0. The van der Waals surface area contributed by atoms with Crippen molar-refractivity contribution in [1.82, 2.24) is 10.3 Å². The van der Waals surface area contributed by atoms with Crippen LogP contribution in [0.5, 0.6) is 0 Å². The molecule has 0 radical (unpaired) electrons. The summed E-state index contributed by atoms with van der Waals surface area (Å²) in [4.78, 5) is 16.1. The lowest BCUT2D eigenvalue weighted by atomic mass is 9.86. The maximum atomic E-state index is 12.1. The van der Waals surface area contributed by atoms with Crippen LogP contribution in [0, 0.1) is 5.41 Å². The summed E-state index contributed by atoms with van der Waals surface area (Å²) in [6.45, 7) is 6.18. The number of amides is 1. The van der Waals surface area contributed by atoms with Crippen molar-refractivity contribution in [3.8, 4) is 0 Å². The number of hydrogen-bond donors (Lipinski definition) is 2. The highest BCUT2D eigenvalue weighted by Gasteiger charge is 2.30. The van der Waals surface area contributed by atoms with E-state index < -0.39 is 5.41 Å². The van der Waals surface area contributed by atoms with Crippen molar-refractivity contribution in [2.24, 2.45) is 11.1 Å². The molecule has 2 atom stereocenters. The minimum absolute atomic E-state index is 0.00631. The summed E-state index contributed by atoms with van der Waals surface area (Å²) in [5, 5.41) is 2.99. The Balaban J connectivity index is 2.69. The number of rotatable bonds is 5. The number of carbonyl (C=O) groups excluding carboxylic acids is 1. The van der Waals surface area contributed by atoms with Crippen LogP contribution in [0.15, 0.2) is 24.5 Å². The maximum Gasteiger partial charge on any atom is 0.227 e. The third-order valence-corrected chi connectivity index (χ3v) is 3.33. The molecule has 1 heterocycles. The van der Waals surface area contributed by atoms with Crippen LogP contribution < -0.4 is 11.1 Å². The lowest BCUT2D eigenvalue weighted by molar-refractivity contribution is -0.130. The molecular formula is C13H21N3O. The zero-order valence-electron chi connectivity index (χ0n) is 10.7. The predicted octanol–water partition coefficient (Wildman–Crippen LogP) is 1.63. The number of pyridine rings is 1. The second-order valence-electron chi connectivity index (χ2n) is 4.59. The molecule has 0 bridgehead atoms. The first-order valence-electron chi connectivity index (χ1n) is 5.94. The topological polar surface area (TPSA) is 68.0 Å². The SMILES string of the molecule is CCC(C)(CN)C(=O)N[C@H](C)c1ccncc1. The standard InChI is InChI=1S/C13H21N3O/c1-4-13(3,9-14)12(17)16-10(2)11-5-7-15-8-6-11/h5-8,10H,4,9,14H2,1-3H3,(H,16,17)/t10-,13?/m1/s1. The van der Waals surface area contributed by atoms with Crippen molar-refractivity contribution in [1.29, 1.82) is 0 Å². The van der Waals surface area contributed by atoms with Gasteiger partial charge in [-0.15, -0.1) is 0 Å². The molecule has 3 N–H and O–H groups in total. The molecule has 0 saturated carbocycles. The highest BCUT2D eigenvalue weighted by atomic mass is 16.2. The zero-order chi connectivity index (χ0) is 12.9. The molecule has 94 valence electrons. The van der Waals surface area contributed by atoms with E-state index in [1.807, 2.05) is 32.9 Å². The van der Waals surface area contributed by atoms with Crippen molar-refractivity contribution in [3.05, 3.63) is 30.1 Å². The molecule has 1 aromatic rings. The Morgan fingerprint density at radius 3 is 2.59 bits per heavy atom. The van der Waals surface area contributed by atoms with E-state index in [9.17, 15) is 4.79 Å². The van der Waals surface area contributed by atoms with Crippen LogP contribution in [-0.2, 0) is 4.79 Å². The molecule has 0 aromatic carbocycles. The van der Waals surface area contributed by atoms with Gasteiger partial charge < -0.3 is 11.1 Å². The van der Waals surface area contributed by atoms with Gasteiger partial charge in [0.2, 0.25) is 5.91 Å². The zero-order valence-corrected chi connectivity index (χ0v) is 10.7. The van der Waals surface area contributed by atoms with Gasteiger partial charge in [-0.2, -0.15) is 0 Å². The molecule has 1 rings (SSSR count). The average molecular weight is 235 g/mol. The monoisotopic (exact) mass is 235 g/mol. The Morgan fingerprint density at radius 1 is 1.53 bits per heavy atom. The molecule has 0 fully saturated rings. The van der Waals surface area contributed by atoms with E-state index in [2.05, 4.69) is 10.3 Å². The Labute approximate surface area is 103 Å². The van der Waals surface area contributed by atoms with Gasteiger partial charge in [-0.3, -0.25) is 9.78 Å². The molecule has 0 aliphatic heterocycles. The van der Waals surface area contributed by atoms with Crippen LogP contribution in [0.25, 0.3) is 0 Å². The number of aromatic nitrogens is 1. The van der Waals surface area contributed by atoms with E-state index in [0.717, 1.165) is 12.0 Å². The van der Waals surface area contributed by atoms with Gasteiger partial charge in [0.15, 0.2) is 0 Å². The highest BCUT2D eigenvalue weighted by molar-refractivity contribution is 5.82. The van der Waals surface area contributed by atoms with Crippen LogP contribution in [0.4, 0.5) is 0 Å². The third-order valence-electron chi connectivity index (χ3n) is 3.33. The molecule has 4 nitrogen and oxygen atoms in total. The van der Waals surface area contributed by atoms with Crippen LogP contribution in [0.1, 0.15) is 38.8 Å². The molecule has 4 heteroatoms. The molecule has 1 unspecified atom stereocenters. The first-order chi connectivity index (χ1) is 8.03. The Hall–Kier alpha value is -1.42. The first kappa shape index (κ1) is 13.6. The lowest BCUT2D eigenvalue weighted by Crippen LogP contribution is -2.44. The van der Waals surface area contributed by atoms with Gasteiger partial charge in [-0.05, 0) is 38.0 Å². The van der Waals surface area contributed by atoms with Crippen LogP contribution >= 0.6 is 0 Å². The van der Waals surface area contributed by atoms with Crippen LogP contribution in [0.3, 0.4) is 0 Å². The summed E-state index contributed by atoms with van der Waals surface area (Å²) in [7, 11) is 0. The van der Waals surface area contributed by atoms with Crippen LogP contribution in [-0.4, -0.2) is 17.4 Å². The summed E-state index contributed by atoms with van der Waals surface area (Å²) in [6.07, 6.45) is 4.18. The van der Waals surface area contributed by atoms with Crippen molar-refractivity contribution in [2.75, 3.05) is 6.54 Å². The number of nitrogens with zero attached hydrogens (tertiary/aromatic N) is 1. The summed E-state index contributed by atoms with van der Waals surface area (Å²) < 4.78 is 0. The van der Waals surface area contributed by atoms with E-state index in [-0.39, 0.29) is 11.9 Å². The summed E-state index contributed by atoms with van der Waals surface area (Å²) >= 11 is 0. The second kappa shape index (κ2) is 5.77. The van der Waals surface area contributed by atoms with Gasteiger partial charge >= 0.3 is 0 Å². The van der Waals surface area contributed by atoms with E-state index in [1.54, 1.807) is 12.4 Å². The highest BCUT2D eigenvalue weighted by Crippen LogP contribution is 2.21. The summed E-state index contributed by atoms with van der Waals surface area (Å²) in [5.74, 6) is 0.00631. The molecule has 1 aromatic heterocycles. The molecular weight excluding hydrogens is 214 g/mol. The number of hydrogen-bond acceptors (Lipinski definition) is 3. The Kier molecular flexibility index (Phi) is 4.63. The third kappa shape index (κ3) is 3.27. The largest absolute Gasteiger partial charge is 0.349 e. The van der Waals surface area contributed by atoms with Gasteiger partial charge in [0.1, 0.15) is 0 Å². The Morgan fingerprint density at radius 2 is 2.12 bits per heavy atom. The fourth-order valence-electron chi connectivity index (χ4n) is 1.50. The van der Waals surface area contributed by atoms with Gasteiger partial charge in [0, 0.05) is 18.9 Å². The maximum absolute atomic E-state index is 12.1. The Bertz CT molecular complexity index is 360. The molecule has 1 amide bonds. The van der Waals surface area contributed by atoms with Crippen molar-refractivity contribution >= 4 is 5.91 Å². The summed E-state index contributed by atoms with van der Waals surface area (Å²) in [6, 6.07) is 3.77. The van der Waals surface area contributed by atoms with E-state index >= 15 is 0 Å². The van der Waals surface area contributed by atoms with Gasteiger partial charge in [0.05, 0.1) is 11.5 Å². The minimum atomic E-state index is -0.485. The smallest absolute Gasteiger partial charge is 0.227 e. The molecule has 0 aliphatic carbocycles. The van der Waals surface area contributed by atoms with Gasteiger partial charge in [-0.25, -0.2) is 0 Å². The number of nitrogens with one attached hydrogen (secondary N) is 1. The number of nitrogens with two attached hydrogens (primary N) is 1. The fourth-order valence-corrected chi connectivity index (χ4v) is 1.50. The van der Waals surface area contributed by atoms with Gasteiger partial charge in [0.25, 0.3) is 0 Å². The van der Waals surface area contributed by atoms with Gasteiger partial charge in [-0.1, -0.05) is 6.92 Å². The molecule has 0 saturated heterocycles. The second-order valence-corrected chi connectivity index (χ2v) is 4.59. The fraction of sp³-hybridized carbons (Fsp3) is 0.538. The van der Waals surface area contributed by atoms with Crippen LogP contribution in [0.2, 0.25) is 0 Å². The predicted molar refractivity (Wildman–Crippen MR) is 68.2 cm³/mol. The number of carbonyl (C=O) groups is 1. The molecule has 17 heavy (non-hydrogen) atoms. The van der Waals surface area contributed by atoms with Crippen molar-refractivity contribution in [2.45, 2.75) is 33.2 Å². The van der Waals surface area contributed by atoms with E-state index in [0.29, 0.717) is 6.54 Å². The van der Waals surface area contributed by atoms with Crippen molar-refractivity contribution < 1.29 is 4.79 Å². The average Bonchev–Trinajstić information content (AvgIpc) is 2.38. The lowest BCUT2D eigenvalue weighted by Gasteiger charge is -2.27. The van der Waals surface area contributed by atoms with E-state index in [4.69, 9.17) is 5.73 Å².